The maximum Gasteiger partial charge on any atom is -0.0228 e. The fourth-order valence-electron chi connectivity index (χ4n) is 6.87. The van der Waals surface area contributed by atoms with Crippen molar-refractivity contribution >= 4 is 0 Å². The predicted molar refractivity (Wildman–Crippen MR) is 120 cm³/mol. The van der Waals surface area contributed by atoms with E-state index in [9.17, 15) is 0 Å². The molecule has 5 rings (SSSR count). The quantitative estimate of drug-likeness (QED) is 0.377. The van der Waals surface area contributed by atoms with Crippen molar-refractivity contribution in [1.82, 2.24) is 0 Å². The standard InChI is InChI=1S/C28H40/c1-2-22-11-12-24-5-6-26(19-24)15-16-28-8-7-27(20-28)14-13-25-4-3-23(18-25)10-9-21(1)17-22/h9-16,21-28H,1-8,17-20H2/b10-9-,12-11-,14-13-,16-15-/t21-,22?,23+,24?,25?,26+,27?,28-. The minimum Gasteiger partial charge on any atom is -0.0851 e. The van der Waals surface area contributed by atoms with Crippen LogP contribution in [0.1, 0.15) is 77.0 Å². The number of rotatable bonds is 0. The van der Waals surface area contributed by atoms with Gasteiger partial charge in [-0.05, 0) is 124 Å². The number of hydrogen-bond donors (Lipinski definition) is 0. The summed E-state index contributed by atoms with van der Waals surface area (Å²) in [6.07, 6.45) is 37.9. The summed E-state index contributed by atoms with van der Waals surface area (Å²) in [5.74, 6) is 6.81. The molecule has 0 aromatic heterocycles. The third-order valence-electron chi connectivity index (χ3n) is 8.68. The SMILES string of the molecule is C1=C\C2CC[C@H](/C=C\[C@@H]3CCC(/C=C\C4CC[C@H](/C=C\[C@@H]5CCC/1C5)C4)C3)C2. The van der Waals surface area contributed by atoms with Gasteiger partial charge in [0.25, 0.3) is 0 Å². The normalized spacial score (nSPS) is 50.3. The predicted octanol–water partition coefficient (Wildman–Crippen LogP) is 7.89. The molecule has 0 nitrogen and oxygen atoms in total. The lowest BCUT2D eigenvalue weighted by Gasteiger charge is -2.09. The minimum absolute atomic E-state index is 0.851. The zero-order chi connectivity index (χ0) is 18.8. The Balaban J connectivity index is 1.28. The summed E-state index contributed by atoms with van der Waals surface area (Å²) < 4.78 is 0. The van der Waals surface area contributed by atoms with Crippen LogP contribution in [0.3, 0.4) is 0 Å². The summed E-state index contributed by atoms with van der Waals surface area (Å²) in [4.78, 5) is 0. The Morgan fingerprint density at radius 3 is 0.536 bits per heavy atom. The van der Waals surface area contributed by atoms with Gasteiger partial charge in [0.15, 0.2) is 0 Å². The van der Waals surface area contributed by atoms with Gasteiger partial charge in [-0.2, -0.15) is 0 Å². The van der Waals surface area contributed by atoms with Crippen LogP contribution in [0, 0.1) is 47.3 Å². The molecule has 0 spiro atoms. The van der Waals surface area contributed by atoms with E-state index in [0.717, 1.165) is 47.3 Å². The molecule has 0 aromatic rings. The van der Waals surface area contributed by atoms with E-state index in [1.807, 2.05) is 0 Å². The lowest BCUT2D eigenvalue weighted by molar-refractivity contribution is 0.593. The van der Waals surface area contributed by atoms with E-state index in [-0.39, 0.29) is 0 Å². The van der Waals surface area contributed by atoms with E-state index >= 15 is 0 Å². The van der Waals surface area contributed by atoms with Crippen molar-refractivity contribution in [3.8, 4) is 0 Å². The zero-order valence-electron chi connectivity index (χ0n) is 17.7. The van der Waals surface area contributed by atoms with Gasteiger partial charge in [-0.3, -0.25) is 0 Å². The summed E-state index contributed by atoms with van der Waals surface area (Å²) in [6, 6.07) is 0. The van der Waals surface area contributed by atoms with Crippen molar-refractivity contribution in [2.75, 3.05) is 0 Å². The molecule has 0 N–H and O–H groups in total. The second-order valence-corrected chi connectivity index (χ2v) is 10.9. The molecule has 0 saturated heterocycles. The first-order valence-electron chi connectivity index (χ1n) is 12.5. The van der Waals surface area contributed by atoms with E-state index in [4.69, 9.17) is 0 Å². The van der Waals surface area contributed by atoms with E-state index in [1.165, 1.54) is 77.0 Å². The van der Waals surface area contributed by atoms with E-state index in [0.29, 0.717) is 0 Å². The maximum atomic E-state index is 2.61. The van der Waals surface area contributed by atoms with Crippen molar-refractivity contribution in [3.63, 3.8) is 0 Å². The van der Waals surface area contributed by atoms with Crippen LogP contribution in [-0.2, 0) is 0 Å². The summed E-state index contributed by atoms with van der Waals surface area (Å²) >= 11 is 0. The fraction of sp³-hybridized carbons (Fsp3) is 0.714. The van der Waals surface area contributed by atoms with E-state index < -0.39 is 0 Å². The van der Waals surface area contributed by atoms with Crippen molar-refractivity contribution in [3.05, 3.63) is 48.6 Å². The molecule has 5 aliphatic carbocycles. The molecule has 4 saturated carbocycles. The maximum absolute atomic E-state index is 2.61. The van der Waals surface area contributed by atoms with Gasteiger partial charge in [0.05, 0.1) is 0 Å². The molecular weight excluding hydrogens is 336 g/mol. The van der Waals surface area contributed by atoms with Gasteiger partial charge in [0.1, 0.15) is 0 Å². The first kappa shape index (κ1) is 19.0. The molecule has 152 valence electrons. The molecule has 5 aliphatic rings. The van der Waals surface area contributed by atoms with E-state index in [1.54, 1.807) is 0 Å². The Kier molecular flexibility index (Phi) is 5.93. The van der Waals surface area contributed by atoms with Crippen LogP contribution in [0.15, 0.2) is 48.6 Å². The highest BCUT2D eigenvalue weighted by atomic mass is 14.3. The molecule has 8 atom stereocenters. The molecule has 4 unspecified atom stereocenters. The molecule has 4 fully saturated rings. The first-order chi connectivity index (χ1) is 13.8. The monoisotopic (exact) mass is 376 g/mol. The molecule has 0 heterocycles. The van der Waals surface area contributed by atoms with Gasteiger partial charge in [0.2, 0.25) is 0 Å². The van der Waals surface area contributed by atoms with Gasteiger partial charge < -0.3 is 0 Å². The topological polar surface area (TPSA) is 0 Å². The lowest BCUT2D eigenvalue weighted by atomic mass is 9.96. The largest absolute Gasteiger partial charge is 0.0851 e. The number of allylic oxidation sites excluding steroid dienone is 8. The van der Waals surface area contributed by atoms with Crippen molar-refractivity contribution < 1.29 is 0 Å². The fourth-order valence-corrected chi connectivity index (χ4v) is 6.87. The Morgan fingerprint density at radius 1 is 0.250 bits per heavy atom. The van der Waals surface area contributed by atoms with Crippen LogP contribution < -0.4 is 0 Å². The molecule has 8 bridgehead atoms. The smallest absolute Gasteiger partial charge is 0.0228 e. The first-order valence-corrected chi connectivity index (χ1v) is 12.5. The number of fused-ring (bicyclic) bond motifs is 8. The highest BCUT2D eigenvalue weighted by Gasteiger charge is 2.27. The molecule has 0 radical (unpaired) electrons. The Morgan fingerprint density at radius 2 is 0.393 bits per heavy atom. The molecule has 0 heteroatoms. The van der Waals surface area contributed by atoms with Crippen LogP contribution >= 0.6 is 0 Å². The van der Waals surface area contributed by atoms with Crippen LogP contribution in [0.5, 0.6) is 0 Å². The summed E-state index contributed by atoms with van der Waals surface area (Å²) in [7, 11) is 0. The van der Waals surface area contributed by atoms with Crippen LogP contribution in [-0.4, -0.2) is 0 Å². The van der Waals surface area contributed by atoms with Crippen molar-refractivity contribution in [2.24, 2.45) is 47.3 Å². The summed E-state index contributed by atoms with van der Waals surface area (Å²) in [5, 5.41) is 0. The Labute approximate surface area is 173 Å². The van der Waals surface area contributed by atoms with Crippen LogP contribution in [0.2, 0.25) is 0 Å². The average Bonchev–Trinajstić information content (AvgIpc) is 3.49. The molecule has 0 aromatic carbocycles. The molecule has 0 aliphatic heterocycles. The van der Waals surface area contributed by atoms with Gasteiger partial charge in [-0.1, -0.05) is 48.6 Å². The number of hydrogen-bond acceptors (Lipinski definition) is 0. The second kappa shape index (κ2) is 8.76. The third kappa shape index (κ3) is 4.74. The Bertz CT molecular complexity index is 474. The van der Waals surface area contributed by atoms with Crippen LogP contribution in [0.4, 0.5) is 0 Å². The van der Waals surface area contributed by atoms with Gasteiger partial charge in [0, 0.05) is 0 Å². The lowest BCUT2D eigenvalue weighted by Crippen LogP contribution is -1.97. The summed E-state index contributed by atoms with van der Waals surface area (Å²) in [5.41, 5.74) is 0. The second-order valence-electron chi connectivity index (χ2n) is 10.9. The van der Waals surface area contributed by atoms with Crippen molar-refractivity contribution in [2.45, 2.75) is 77.0 Å². The highest BCUT2D eigenvalue weighted by Crippen LogP contribution is 2.40. The van der Waals surface area contributed by atoms with Crippen molar-refractivity contribution in [1.29, 1.82) is 0 Å². The third-order valence-corrected chi connectivity index (χ3v) is 8.68. The molecular formula is C28H40. The van der Waals surface area contributed by atoms with Gasteiger partial charge in [-0.15, -0.1) is 0 Å². The zero-order valence-corrected chi connectivity index (χ0v) is 17.7. The molecule has 0 amide bonds. The van der Waals surface area contributed by atoms with E-state index in [2.05, 4.69) is 48.6 Å². The van der Waals surface area contributed by atoms with Gasteiger partial charge >= 0.3 is 0 Å². The highest BCUT2D eigenvalue weighted by molar-refractivity contribution is 5.08. The minimum atomic E-state index is 0.851. The summed E-state index contributed by atoms with van der Waals surface area (Å²) in [6.45, 7) is 0. The Hall–Kier alpha value is -1.04. The molecule has 28 heavy (non-hydrogen) atoms. The average molecular weight is 377 g/mol. The van der Waals surface area contributed by atoms with Gasteiger partial charge in [-0.25, -0.2) is 0 Å². The van der Waals surface area contributed by atoms with Crippen LogP contribution in [0.25, 0.3) is 0 Å².